The van der Waals surface area contributed by atoms with Crippen molar-refractivity contribution in [3.63, 3.8) is 0 Å². The van der Waals surface area contributed by atoms with Crippen molar-refractivity contribution in [1.29, 1.82) is 0 Å². The van der Waals surface area contributed by atoms with Gasteiger partial charge in [-0.15, -0.1) is 11.3 Å². The molecular formula is C14H23BrN2S. The van der Waals surface area contributed by atoms with E-state index in [2.05, 4.69) is 59.3 Å². The van der Waals surface area contributed by atoms with Crippen LogP contribution >= 0.6 is 27.3 Å². The first-order valence-corrected chi connectivity index (χ1v) is 8.37. The molecule has 0 amide bonds. The van der Waals surface area contributed by atoms with E-state index < -0.39 is 0 Å². The Morgan fingerprint density at radius 3 is 2.50 bits per heavy atom. The molecule has 2 nitrogen and oxygen atoms in total. The number of nitrogens with zero attached hydrogens (tertiary/aromatic N) is 1. The quantitative estimate of drug-likeness (QED) is 0.896. The van der Waals surface area contributed by atoms with Gasteiger partial charge < -0.3 is 5.32 Å². The summed E-state index contributed by atoms with van der Waals surface area (Å²) < 4.78 is 1.23. The largest absolute Gasteiger partial charge is 0.317 e. The lowest BCUT2D eigenvalue weighted by atomic mass is 9.90. The Morgan fingerprint density at radius 2 is 2.00 bits per heavy atom. The summed E-state index contributed by atoms with van der Waals surface area (Å²) in [6, 6.07) is 6.40. The molecule has 1 N–H and O–H groups in total. The minimum absolute atomic E-state index is 0.525. The van der Waals surface area contributed by atoms with Gasteiger partial charge in [0.1, 0.15) is 0 Å². The summed E-state index contributed by atoms with van der Waals surface area (Å²) in [6.07, 6.45) is 5.26. The van der Waals surface area contributed by atoms with Crippen LogP contribution in [0.1, 0.15) is 43.5 Å². The van der Waals surface area contributed by atoms with E-state index in [0.29, 0.717) is 6.04 Å². The van der Waals surface area contributed by atoms with Crippen LogP contribution < -0.4 is 5.32 Å². The van der Waals surface area contributed by atoms with Crippen LogP contribution in [0.15, 0.2) is 15.9 Å². The molecule has 4 heteroatoms. The van der Waals surface area contributed by atoms with Crippen LogP contribution in [0.5, 0.6) is 0 Å². The van der Waals surface area contributed by atoms with E-state index in [1.807, 2.05) is 11.3 Å². The van der Waals surface area contributed by atoms with Gasteiger partial charge in [0, 0.05) is 23.0 Å². The Bertz CT molecular complexity index is 372. The van der Waals surface area contributed by atoms with Gasteiger partial charge in [-0.3, -0.25) is 4.90 Å². The van der Waals surface area contributed by atoms with Gasteiger partial charge in [0.15, 0.2) is 0 Å². The van der Waals surface area contributed by atoms with E-state index in [1.54, 1.807) is 0 Å². The summed E-state index contributed by atoms with van der Waals surface area (Å²) in [6.45, 7) is 2.32. The van der Waals surface area contributed by atoms with Crippen molar-refractivity contribution >= 4 is 27.3 Å². The maximum Gasteiger partial charge on any atom is 0.0701 e. The molecule has 1 aliphatic rings. The van der Waals surface area contributed by atoms with E-state index in [0.717, 1.165) is 12.1 Å². The molecule has 0 bridgehead atoms. The molecular weight excluding hydrogens is 308 g/mol. The highest BCUT2D eigenvalue weighted by atomic mass is 79.9. The molecule has 2 rings (SSSR count). The molecule has 1 aliphatic carbocycles. The van der Waals surface area contributed by atoms with Crippen molar-refractivity contribution in [2.24, 2.45) is 0 Å². The Morgan fingerprint density at radius 1 is 1.33 bits per heavy atom. The number of nitrogens with one attached hydrogen (secondary N) is 1. The van der Waals surface area contributed by atoms with Crippen LogP contribution in [-0.4, -0.2) is 31.1 Å². The molecule has 0 aliphatic heterocycles. The second-order valence-corrected chi connectivity index (χ2v) is 7.77. The van der Waals surface area contributed by atoms with Gasteiger partial charge in [-0.05, 0) is 74.8 Å². The third-order valence-corrected chi connectivity index (χ3v) is 6.09. The lowest BCUT2D eigenvalue weighted by Crippen LogP contribution is -2.40. The summed E-state index contributed by atoms with van der Waals surface area (Å²) in [5.41, 5.74) is 0. The third kappa shape index (κ3) is 3.35. The van der Waals surface area contributed by atoms with Crippen molar-refractivity contribution in [2.45, 2.75) is 50.7 Å². The van der Waals surface area contributed by atoms with E-state index in [9.17, 15) is 0 Å². The summed E-state index contributed by atoms with van der Waals surface area (Å²) in [5.74, 6) is 0. The number of halogens is 1. The third-order valence-electron chi connectivity index (χ3n) is 4.30. The number of hydrogen-bond acceptors (Lipinski definition) is 3. The fraction of sp³-hybridized carbons (Fsp3) is 0.714. The average molecular weight is 331 g/mol. The Hall–Kier alpha value is 0.1000. The fourth-order valence-electron chi connectivity index (χ4n) is 2.84. The van der Waals surface area contributed by atoms with Crippen molar-refractivity contribution in [3.8, 4) is 0 Å². The van der Waals surface area contributed by atoms with Crippen LogP contribution in [-0.2, 0) is 0 Å². The smallest absolute Gasteiger partial charge is 0.0701 e. The van der Waals surface area contributed by atoms with Gasteiger partial charge in [0.25, 0.3) is 0 Å². The first kappa shape index (κ1) is 14.5. The molecule has 1 fully saturated rings. The summed E-state index contributed by atoms with van der Waals surface area (Å²) in [4.78, 5) is 4.02. The zero-order valence-corrected chi connectivity index (χ0v) is 13.9. The van der Waals surface area contributed by atoms with Crippen molar-refractivity contribution in [2.75, 3.05) is 14.1 Å². The highest BCUT2D eigenvalue weighted by molar-refractivity contribution is 9.11. The predicted molar refractivity (Wildman–Crippen MR) is 83.3 cm³/mol. The number of thiophene rings is 1. The molecule has 1 aromatic heterocycles. The van der Waals surface area contributed by atoms with Crippen LogP contribution in [0.4, 0.5) is 0 Å². The summed E-state index contributed by atoms with van der Waals surface area (Å²) >= 11 is 5.41. The van der Waals surface area contributed by atoms with Crippen LogP contribution in [0.3, 0.4) is 0 Å². The topological polar surface area (TPSA) is 15.3 Å². The minimum Gasteiger partial charge on any atom is -0.317 e. The highest BCUT2D eigenvalue weighted by Crippen LogP contribution is 2.33. The van der Waals surface area contributed by atoms with E-state index >= 15 is 0 Å². The number of hydrogen-bond donors (Lipinski definition) is 1. The van der Waals surface area contributed by atoms with E-state index in [4.69, 9.17) is 0 Å². The van der Waals surface area contributed by atoms with Gasteiger partial charge in [-0.2, -0.15) is 0 Å². The maximum atomic E-state index is 3.55. The second-order valence-electron chi connectivity index (χ2n) is 5.28. The van der Waals surface area contributed by atoms with Gasteiger partial charge in [-0.1, -0.05) is 0 Å². The fourth-order valence-corrected chi connectivity index (χ4v) is 4.37. The van der Waals surface area contributed by atoms with E-state index in [1.165, 1.54) is 34.3 Å². The zero-order chi connectivity index (χ0) is 13.1. The molecule has 1 atom stereocenters. The molecule has 0 spiro atoms. The lowest BCUT2D eigenvalue weighted by Gasteiger charge is -2.37. The highest BCUT2D eigenvalue weighted by Gasteiger charge is 2.26. The van der Waals surface area contributed by atoms with Crippen LogP contribution in [0.25, 0.3) is 0 Å². The zero-order valence-electron chi connectivity index (χ0n) is 11.4. The summed E-state index contributed by atoms with van der Waals surface area (Å²) in [7, 11) is 4.36. The molecule has 1 unspecified atom stereocenters. The van der Waals surface area contributed by atoms with Gasteiger partial charge >= 0.3 is 0 Å². The first-order chi connectivity index (χ1) is 8.61. The monoisotopic (exact) mass is 330 g/mol. The lowest BCUT2D eigenvalue weighted by molar-refractivity contribution is 0.138. The van der Waals surface area contributed by atoms with Gasteiger partial charge in [0.05, 0.1) is 3.79 Å². The Kier molecular flexibility index (Phi) is 5.24. The van der Waals surface area contributed by atoms with Gasteiger partial charge in [-0.25, -0.2) is 0 Å². The SMILES string of the molecule is CNC1CCC(N(C)C(C)c2ccc(Br)s2)CC1. The Balaban J connectivity index is 1.93. The summed E-state index contributed by atoms with van der Waals surface area (Å²) in [5, 5.41) is 3.40. The van der Waals surface area contributed by atoms with Gasteiger partial charge in [0.2, 0.25) is 0 Å². The van der Waals surface area contributed by atoms with Crippen molar-refractivity contribution < 1.29 is 0 Å². The van der Waals surface area contributed by atoms with Crippen molar-refractivity contribution in [1.82, 2.24) is 10.2 Å². The molecule has 0 aromatic carbocycles. The molecule has 18 heavy (non-hydrogen) atoms. The van der Waals surface area contributed by atoms with Crippen molar-refractivity contribution in [3.05, 3.63) is 20.8 Å². The first-order valence-electron chi connectivity index (χ1n) is 6.76. The second kappa shape index (κ2) is 6.51. The maximum absolute atomic E-state index is 3.55. The molecule has 1 heterocycles. The average Bonchev–Trinajstić information content (AvgIpc) is 2.84. The Labute approximate surface area is 123 Å². The number of rotatable bonds is 4. The normalized spacial score (nSPS) is 26.5. The minimum atomic E-state index is 0.525. The standard InChI is InChI=1S/C14H23BrN2S/c1-10(13-8-9-14(15)18-13)17(3)12-6-4-11(16-2)5-7-12/h8-12,16H,4-7H2,1-3H3. The molecule has 1 saturated carbocycles. The molecule has 1 aromatic rings. The van der Waals surface area contributed by atoms with Crippen LogP contribution in [0, 0.1) is 0 Å². The molecule has 0 saturated heterocycles. The predicted octanol–water partition coefficient (Wildman–Crippen LogP) is 4.03. The van der Waals surface area contributed by atoms with Crippen LogP contribution in [0.2, 0.25) is 0 Å². The molecule has 0 radical (unpaired) electrons. The molecule has 102 valence electrons. The van der Waals surface area contributed by atoms with E-state index in [-0.39, 0.29) is 0 Å².